The number of methoxy groups -OCH3 is 2. The van der Waals surface area contributed by atoms with Gasteiger partial charge in [-0.05, 0) is 30.3 Å². The number of rotatable bonds is 4. The summed E-state index contributed by atoms with van der Waals surface area (Å²) >= 11 is 7.64. The Morgan fingerprint density at radius 1 is 1.17 bits per heavy atom. The van der Waals surface area contributed by atoms with Crippen molar-refractivity contribution in [2.24, 2.45) is 0 Å². The van der Waals surface area contributed by atoms with Gasteiger partial charge >= 0.3 is 0 Å². The van der Waals surface area contributed by atoms with Gasteiger partial charge in [0.1, 0.15) is 5.37 Å². The molecule has 1 amide bonds. The second-order valence-electron chi connectivity index (χ2n) is 5.31. The van der Waals surface area contributed by atoms with Crippen LogP contribution in [0.3, 0.4) is 0 Å². The van der Waals surface area contributed by atoms with Crippen molar-refractivity contribution in [1.29, 1.82) is 0 Å². The molecule has 0 aromatic heterocycles. The molecule has 3 rings (SSSR count). The normalized spacial score (nSPS) is 17.0. The number of hydrogen-bond acceptors (Lipinski definition) is 4. The average molecular weight is 364 g/mol. The first kappa shape index (κ1) is 17.0. The molecule has 1 aliphatic heterocycles. The van der Waals surface area contributed by atoms with Crippen LogP contribution < -0.4 is 9.47 Å². The van der Waals surface area contributed by atoms with Crippen molar-refractivity contribution in [3.8, 4) is 11.5 Å². The number of halogens is 1. The molecule has 6 heteroatoms. The number of ether oxygens (including phenoxy) is 2. The summed E-state index contributed by atoms with van der Waals surface area (Å²) in [5.41, 5.74) is 1.58. The molecule has 4 nitrogen and oxygen atoms in total. The molecule has 2 aromatic rings. The maximum Gasteiger partial charge on any atom is 0.255 e. The van der Waals surface area contributed by atoms with E-state index in [-0.39, 0.29) is 11.3 Å². The number of benzene rings is 2. The molecule has 1 aliphatic rings. The Morgan fingerprint density at radius 2 is 1.92 bits per heavy atom. The van der Waals surface area contributed by atoms with Crippen molar-refractivity contribution in [3.63, 3.8) is 0 Å². The fraction of sp³-hybridized carbons (Fsp3) is 0.278. The second kappa shape index (κ2) is 7.36. The van der Waals surface area contributed by atoms with Crippen LogP contribution in [0.5, 0.6) is 11.5 Å². The highest BCUT2D eigenvalue weighted by Gasteiger charge is 2.33. The van der Waals surface area contributed by atoms with Crippen LogP contribution in [0.4, 0.5) is 0 Å². The Hall–Kier alpha value is -1.85. The van der Waals surface area contributed by atoms with E-state index in [0.717, 1.165) is 11.3 Å². The van der Waals surface area contributed by atoms with Gasteiger partial charge in [0.15, 0.2) is 11.5 Å². The zero-order valence-corrected chi connectivity index (χ0v) is 15.1. The van der Waals surface area contributed by atoms with Gasteiger partial charge in [-0.2, -0.15) is 0 Å². The van der Waals surface area contributed by atoms with E-state index in [1.165, 1.54) is 0 Å². The summed E-state index contributed by atoms with van der Waals surface area (Å²) in [6, 6.07) is 12.7. The minimum absolute atomic E-state index is 0.00783. The van der Waals surface area contributed by atoms with Crippen LogP contribution in [-0.2, 0) is 0 Å². The first-order chi connectivity index (χ1) is 11.7. The van der Waals surface area contributed by atoms with Crippen LogP contribution in [0, 0.1) is 0 Å². The number of carbonyl (C=O) groups is 1. The third-order valence-corrected chi connectivity index (χ3v) is 5.44. The standard InChI is InChI=1S/C18H18ClNO3S/c1-22-15-5-3-4-14(16(15)23-2)18-20(10-11-24-18)17(21)12-6-8-13(19)9-7-12/h3-9,18H,10-11H2,1-2H3. The van der Waals surface area contributed by atoms with E-state index in [1.54, 1.807) is 50.2 Å². The highest BCUT2D eigenvalue weighted by atomic mass is 35.5. The number of thioether (sulfide) groups is 1. The average Bonchev–Trinajstić information content (AvgIpc) is 3.10. The number of hydrogen-bond donors (Lipinski definition) is 0. The third kappa shape index (κ3) is 3.19. The smallest absolute Gasteiger partial charge is 0.255 e. The molecule has 1 unspecified atom stereocenters. The molecule has 0 aliphatic carbocycles. The van der Waals surface area contributed by atoms with Gasteiger partial charge in [-0.3, -0.25) is 4.79 Å². The lowest BCUT2D eigenvalue weighted by molar-refractivity contribution is 0.0759. The SMILES string of the molecule is COc1cccc(C2SCCN2C(=O)c2ccc(Cl)cc2)c1OC. The predicted octanol–water partition coefficient (Wildman–Crippen LogP) is 4.25. The Labute approximate surface area is 150 Å². The van der Waals surface area contributed by atoms with Gasteiger partial charge in [0.05, 0.1) is 14.2 Å². The van der Waals surface area contributed by atoms with E-state index >= 15 is 0 Å². The van der Waals surface area contributed by atoms with Gasteiger partial charge < -0.3 is 14.4 Å². The molecule has 1 heterocycles. The predicted molar refractivity (Wildman–Crippen MR) is 97.2 cm³/mol. The second-order valence-corrected chi connectivity index (χ2v) is 6.94. The molecule has 0 N–H and O–H groups in total. The van der Waals surface area contributed by atoms with Gasteiger partial charge in [-0.15, -0.1) is 11.8 Å². The Morgan fingerprint density at radius 3 is 2.58 bits per heavy atom. The summed E-state index contributed by atoms with van der Waals surface area (Å²) in [4.78, 5) is 14.8. The summed E-state index contributed by atoms with van der Waals surface area (Å²) in [6.07, 6.45) is 0. The van der Waals surface area contributed by atoms with Crippen molar-refractivity contribution < 1.29 is 14.3 Å². The molecule has 1 fully saturated rings. The fourth-order valence-electron chi connectivity index (χ4n) is 2.80. The van der Waals surface area contributed by atoms with Crippen LogP contribution in [-0.4, -0.2) is 37.3 Å². The summed E-state index contributed by atoms with van der Waals surface area (Å²) in [7, 11) is 3.23. The zero-order valence-electron chi connectivity index (χ0n) is 13.5. The van der Waals surface area contributed by atoms with Crippen LogP contribution in [0.25, 0.3) is 0 Å². The zero-order chi connectivity index (χ0) is 17.1. The number of para-hydroxylation sites is 1. The fourth-order valence-corrected chi connectivity index (χ4v) is 4.20. The lowest BCUT2D eigenvalue weighted by atomic mass is 10.1. The molecule has 24 heavy (non-hydrogen) atoms. The van der Waals surface area contributed by atoms with Crippen molar-refractivity contribution in [3.05, 3.63) is 58.6 Å². The Kier molecular flexibility index (Phi) is 5.21. The third-order valence-electron chi connectivity index (χ3n) is 3.94. The van der Waals surface area contributed by atoms with Crippen LogP contribution in [0.15, 0.2) is 42.5 Å². The van der Waals surface area contributed by atoms with Crippen molar-refractivity contribution in [2.75, 3.05) is 26.5 Å². The van der Waals surface area contributed by atoms with Gasteiger partial charge in [-0.1, -0.05) is 23.7 Å². The molecular formula is C18H18ClNO3S. The van der Waals surface area contributed by atoms with Crippen molar-refractivity contribution in [1.82, 2.24) is 4.90 Å². The Balaban J connectivity index is 1.94. The van der Waals surface area contributed by atoms with E-state index in [4.69, 9.17) is 21.1 Å². The summed E-state index contributed by atoms with van der Waals surface area (Å²) < 4.78 is 10.9. The quantitative estimate of drug-likeness (QED) is 0.814. The van der Waals surface area contributed by atoms with Gasteiger partial charge in [0.2, 0.25) is 0 Å². The molecule has 0 radical (unpaired) electrons. The monoisotopic (exact) mass is 363 g/mol. The lowest BCUT2D eigenvalue weighted by Crippen LogP contribution is -2.30. The van der Waals surface area contributed by atoms with Gasteiger partial charge in [0, 0.05) is 28.4 Å². The molecule has 1 atom stereocenters. The highest BCUT2D eigenvalue weighted by molar-refractivity contribution is 7.99. The number of amides is 1. The molecule has 0 saturated carbocycles. The van der Waals surface area contributed by atoms with Crippen molar-refractivity contribution >= 4 is 29.3 Å². The minimum Gasteiger partial charge on any atom is -0.493 e. The maximum absolute atomic E-state index is 12.9. The lowest BCUT2D eigenvalue weighted by Gasteiger charge is -2.26. The number of carbonyl (C=O) groups excluding carboxylic acids is 1. The van der Waals surface area contributed by atoms with E-state index in [0.29, 0.717) is 28.6 Å². The summed E-state index contributed by atoms with van der Waals surface area (Å²) in [5, 5.41) is 0.520. The summed E-state index contributed by atoms with van der Waals surface area (Å²) in [5.74, 6) is 2.21. The topological polar surface area (TPSA) is 38.8 Å². The molecule has 2 aromatic carbocycles. The first-order valence-electron chi connectivity index (χ1n) is 7.54. The first-order valence-corrected chi connectivity index (χ1v) is 8.97. The van der Waals surface area contributed by atoms with Crippen LogP contribution >= 0.6 is 23.4 Å². The van der Waals surface area contributed by atoms with E-state index < -0.39 is 0 Å². The highest BCUT2D eigenvalue weighted by Crippen LogP contribution is 2.45. The Bertz CT molecular complexity index is 736. The van der Waals surface area contributed by atoms with E-state index in [9.17, 15) is 4.79 Å². The van der Waals surface area contributed by atoms with Crippen LogP contribution in [0.1, 0.15) is 21.3 Å². The summed E-state index contributed by atoms with van der Waals surface area (Å²) in [6.45, 7) is 0.692. The van der Waals surface area contributed by atoms with Gasteiger partial charge in [-0.25, -0.2) is 0 Å². The van der Waals surface area contributed by atoms with Gasteiger partial charge in [0.25, 0.3) is 5.91 Å². The molecule has 126 valence electrons. The molecular weight excluding hydrogens is 346 g/mol. The van der Waals surface area contributed by atoms with E-state index in [1.807, 2.05) is 23.1 Å². The molecule has 1 saturated heterocycles. The van der Waals surface area contributed by atoms with Crippen molar-refractivity contribution in [2.45, 2.75) is 5.37 Å². The molecule has 0 bridgehead atoms. The molecule has 0 spiro atoms. The number of nitrogens with zero attached hydrogens (tertiary/aromatic N) is 1. The largest absolute Gasteiger partial charge is 0.493 e. The van der Waals surface area contributed by atoms with Crippen LogP contribution in [0.2, 0.25) is 5.02 Å². The minimum atomic E-state index is -0.0989. The van der Waals surface area contributed by atoms with E-state index in [2.05, 4.69) is 0 Å². The maximum atomic E-state index is 12.9.